The standard InChI is InChI=1S/C32H19N3/c33-20-22-16-23(21-34)18-26(17-22)25-14-15-32(29(19-25)24-8-2-1-3-9-24)35-30-12-6-4-10-27(30)28-11-5-7-13-31(28)35/h1-19H. The zero-order chi connectivity index (χ0) is 23.8. The van der Waals surface area contributed by atoms with Gasteiger partial charge < -0.3 is 4.57 Å². The lowest BCUT2D eigenvalue weighted by Gasteiger charge is -2.16. The van der Waals surface area contributed by atoms with Gasteiger partial charge in [-0.1, -0.05) is 72.8 Å². The first-order valence-corrected chi connectivity index (χ1v) is 11.4. The van der Waals surface area contributed by atoms with Crippen molar-refractivity contribution in [2.24, 2.45) is 0 Å². The van der Waals surface area contributed by atoms with Crippen molar-refractivity contribution >= 4 is 21.8 Å². The van der Waals surface area contributed by atoms with Crippen molar-refractivity contribution in [1.82, 2.24) is 4.57 Å². The Labute approximate surface area is 203 Å². The maximum absolute atomic E-state index is 9.47. The Balaban J connectivity index is 1.67. The average Bonchev–Trinajstić information content (AvgIpc) is 3.27. The molecule has 0 fully saturated rings. The summed E-state index contributed by atoms with van der Waals surface area (Å²) in [6.45, 7) is 0. The fourth-order valence-corrected chi connectivity index (χ4v) is 4.86. The molecule has 0 spiro atoms. The van der Waals surface area contributed by atoms with Crippen molar-refractivity contribution in [3.05, 3.63) is 126 Å². The molecule has 0 radical (unpaired) electrons. The molecule has 1 aromatic heterocycles. The Morgan fingerprint density at radius 3 is 1.66 bits per heavy atom. The number of hydrogen-bond acceptors (Lipinski definition) is 2. The lowest BCUT2D eigenvalue weighted by atomic mass is 9.95. The number of fused-ring (bicyclic) bond motifs is 3. The van der Waals surface area contributed by atoms with Crippen LogP contribution in [0.5, 0.6) is 0 Å². The summed E-state index contributed by atoms with van der Waals surface area (Å²) < 4.78 is 2.32. The summed E-state index contributed by atoms with van der Waals surface area (Å²) in [5.41, 5.74) is 8.33. The summed E-state index contributed by atoms with van der Waals surface area (Å²) in [6.07, 6.45) is 0. The number of nitriles is 2. The van der Waals surface area contributed by atoms with Gasteiger partial charge >= 0.3 is 0 Å². The van der Waals surface area contributed by atoms with E-state index in [4.69, 9.17) is 0 Å². The molecule has 6 aromatic rings. The quantitative estimate of drug-likeness (QED) is 0.278. The SMILES string of the molecule is N#Cc1cc(C#N)cc(-c2ccc(-n3c4ccccc4c4ccccc43)c(-c3ccccc3)c2)c1. The molecule has 1 heterocycles. The lowest BCUT2D eigenvalue weighted by molar-refractivity contribution is 1.18. The predicted molar refractivity (Wildman–Crippen MR) is 141 cm³/mol. The molecule has 162 valence electrons. The van der Waals surface area contributed by atoms with Crippen LogP contribution >= 0.6 is 0 Å². The Morgan fingerprint density at radius 1 is 0.486 bits per heavy atom. The highest BCUT2D eigenvalue weighted by molar-refractivity contribution is 6.09. The fourth-order valence-electron chi connectivity index (χ4n) is 4.86. The Morgan fingerprint density at radius 2 is 1.06 bits per heavy atom. The molecule has 6 rings (SSSR count). The molecule has 5 aromatic carbocycles. The van der Waals surface area contributed by atoms with Gasteiger partial charge in [0, 0.05) is 16.3 Å². The number of benzene rings is 5. The maximum Gasteiger partial charge on any atom is 0.0992 e. The average molecular weight is 446 g/mol. The van der Waals surface area contributed by atoms with Crippen LogP contribution in [0.2, 0.25) is 0 Å². The number of aromatic nitrogens is 1. The van der Waals surface area contributed by atoms with Crippen molar-refractivity contribution in [1.29, 1.82) is 10.5 Å². The van der Waals surface area contributed by atoms with Crippen molar-refractivity contribution < 1.29 is 0 Å². The molecule has 3 nitrogen and oxygen atoms in total. The van der Waals surface area contributed by atoms with Crippen LogP contribution in [0.15, 0.2) is 115 Å². The molecule has 35 heavy (non-hydrogen) atoms. The maximum atomic E-state index is 9.47. The van der Waals surface area contributed by atoms with Crippen LogP contribution < -0.4 is 0 Å². The second-order valence-corrected chi connectivity index (χ2v) is 8.49. The number of nitrogens with zero attached hydrogens (tertiary/aromatic N) is 3. The van der Waals surface area contributed by atoms with E-state index in [1.54, 1.807) is 6.07 Å². The summed E-state index contributed by atoms with van der Waals surface area (Å²) in [4.78, 5) is 0. The second kappa shape index (κ2) is 8.34. The molecule has 0 saturated heterocycles. The first-order valence-electron chi connectivity index (χ1n) is 11.4. The van der Waals surface area contributed by atoms with E-state index < -0.39 is 0 Å². The molecular formula is C32H19N3. The first-order chi connectivity index (χ1) is 17.3. The summed E-state index contributed by atoms with van der Waals surface area (Å²) in [5.74, 6) is 0. The summed E-state index contributed by atoms with van der Waals surface area (Å²) in [7, 11) is 0. The van der Waals surface area contributed by atoms with Crippen LogP contribution in [0.25, 0.3) is 49.7 Å². The fraction of sp³-hybridized carbons (Fsp3) is 0. The normalized spacial score (nSPS) is 10.8. The Bertz CT molecular complexity index is 1730. The summed E-state index contributed by atoms with van der Waals surface area (Å²) in [6, 6.07) is 43.3. The molecule has 0 N–H and O–H groups in total. The van der Waals surface area contributed by atoms with Gasteiger partial charge in [-0.15, -0.1) is 0 Å². The third-order valence-electron chi connectivity index (χ3n) is 6.43. The number of para-hydroxylation sites is 2. The van der Waals surface area contributed by atoms with Gasteiger partial charge in [0.15, 0.2) is 0 Å². The van der Waals surface area contributed by atoms with Gasteiger partial charge in [-0.2, -0.15) is 10.5 Å². The third-order valence-corrected chi connectivity index (χ3v) is 6.43. The monoisotopic (exact) mass is 445 g/mol. The predicted octanol–water partition coefficient (Wildman–Crippen LogP) is 7.86. The minimum absolute atomic E-state index is 0.479. The third kappa shape index (κ3) is 3.44. The molecular weight excluding hydrogens is 426 g/mol. The molecule has 0 aliphatic heterocycles. The van der Waals surface area contributed by atoms with Gasteiger partial charge in [-0.3, -0.25) is 0 Å². The van der Waals surface area contributed by atoms with Gasteiger partial charge in [-0.25, -0.2) is 0 Å². The zero-order valence-electron chi connectivity index (χ0n) is 18.8. The van der Waals surface area contributed by atoms with E-state index in [0.717, 1.165) is 39.0 Å². The largest absolute Gasteiger partial charge is 0.309 e. The van der Waals surface area contributed by atoms with E-state index in [-0.39, 0.29) is 0 Å². The molecule has 0 atom stereocenters. The van der Waals surface area contributed by atoms with E-state index in [0.29, 0.717) is 11.1 Å². The second-order valence-electron chi connectivity index (χ2n) is 8.49. The van der Waals surface area contributed by atoms with Gasteiger partial charge in [0.2, 0.25) is 0 Å². The minimum Gasteiger partial charge on any atom is -0.309 e. The van der Waals surface area contributed by atoms with E-state index in [2.05, 4.69) is 95.6 Å². The van der Waals surface area contributed by atoms with Crippen LogP contribution in [0.3, 0.4) is 0 Å². The molecule has 0 bridgehead atoms. The van der Waals surface area contributed by atoms with E-state index in [1.807, 2.05) is 30.3 Å². The van der Waals surface area contributed by atoms with Crippen LogP contribution in [0, 0.1) is 22.7 Å². The van der Waals surface area contributed by atoms with Gasteiger partial charge in [0.1, 0.15) is 0 Å². The first kappa shape index (κ1) is 20.5. The molecule has 0 amide bonds. The van der Waals surface area contributed by atoms with Gasteiger partial charge in [0.05, 0.1) is 40.0 Å². The highest BCUT2D eigenvalue weighted by Gasteiger charge is 2.16. The van der Waals surface area contributed by atoms with Crippen LogP contribution in [0.1, 0.15) is 11.1 Å². The lowest BCUT2D eigenvalue weighted by Crippen LogP contribution is -1.98. The van der Waals surface area contributed by atoms with Gasteiger partial charge in [0.25, 0.3) is 0 Å². The summed E-state index contributed by atoms with van der Waals surface area (Å²) >= 11 is 0. The molecule has 3 heteroatoms. The van der Waals surface area contributed by atoms with Crippen molar-refractivity contribution in [2.45, 2.75) is 0 Å². The molecule has 0 aliphatic rings. The van der Waals surface area contributed by atoms with E-state index in [9.17, 15) is 10.5 Å². The number of hydrogen-bond donors (Lipinski definition) is 0. The Kier molecular flexibility index (Phi) is 4.88. The Hall–Kier alpha value is -5.12. The minimum atomic E-state index is 0.479. The molecule has 0 unspecified atom stereocenters. The van der Waals surface area contributed by atoms with Crippen LogP contribution in [0.4, 0.5) is 0 Å². The van der Waals surface area contributed by atoms with E-state index in [1.165, 1.54) is 10.8 Å². The highest BCUT2D eigenvalue weighted by atomic mass is 15.0. The van der Waals surface area contributed by atoms with Gasteiger partial charge in [-0.05, 0) is 59.2 Å². The summed E-state index contributed by atoms with van der Waals surface area (Å²) in [5, 5.41) is 21.4. The van der Waals surface area contributed by atoms with Crippen molar-refractivity contribution in [2.75, 3.05) is 0 Å². The molecule has 0 saturated carbocycles. The van der Waals surface area contributed by atoms with Crippen molar-refractivity contribution in [3.8, 4) is 40.1 Å². The van der Waals surface area contributed by atoms with E-state index >= 15 is 0 Å². The van der Waals surface area contributed by atoms with Crippen LogP contribution in [-0.4, -0.2) is 4.57 Å². The van der Waals surface area contributed by atoms with Crippen molar-refractivity contribution in [3.63, 3.8) is 0 Å². The highest BCUT2D eigenvalue weighted by Crippen LogP contribution is 2.38. The molecule has 0 aliphatic carbocycles. The smallest absolute Gasteiger partial charge is 0.0992 e. The topological polar surface area (TPSA) is 52.5 Å². The number of rotatable bonds is 3. The van der Waals surface area contributed by atoms with Crippen LogP contribution in [-0.2, 0) is 0 Å². The zero-order valence-corrected chi connectivity index (χ0v) is 18.8.